The zero-order chi connectivity index (χ0) is 22.3. The quantitative estimate of drug-likeness (QED) is 0.188. The van der Waals surface area contributed by atoms with Gasteiger partial charge in [0.25, 0.3) is 0 Å². The number of rotatable bonds is 23. The van der Waals surface area contributed by atoms with Crippen LogP contribution < -0.4 is 11.1 Å². The Hall–Kier alpha value is -0.650. The lowest BCUT2D eigenvalue weighted by molar-refractivity contribution is -0.122. The van der Waals surface area contributed by atoms with Crippen LogP contribution in [0.2, 0.25) is 0 Å². The van der Waals surface area contributed by atoms with Gasteiger partial charge in [0, 0.05) is 19.1 Å². The number of hydrogen-bond acceptors (Lipinski definition) is 4. The number of hydrogen-bond donors (Lipinski definition) is 3. The summed E-state index contributed by atoms with van der Waals surface area (Å²) in [7, 11) is 0. The molecule has 5 heteroatoms. The largest absolute Gasteiger partial charge is 0.395 e. The fraction of sp³-hybridized carbons (Fsp3) is 0.960. The number of aliphatic hydroxyl groups is 1. The molecule has 0 aliphatic rings. The van der Waals surface area contributed by atoms with Crippen LogP contribution in [-0.4, -0.2) is 42.9 Å². The molecule has 0 saturated carbocycles. The summed E-state index contributed by atoms with van der Waals surface area (Å²) in [5.74, 6) is 0.184. The molecule has 0 aromatic rings. The molecule has 0 fully saturated rings. The molecular formula is C25H52N2O3. The monoisotopic (exact) mass is 428 g/mol. The average molecular weight is 429 g/mol. The molecule has 0 bridgehead atoms. The van der Waals surface area contributed by atoms with Crippen LogP contribution in [0.1, 0.15) is 123 Å². The molecule has 0 aliphatic heterocycles. The molecule has 4 N–H and O–H groups in total. The topological polar surface area (TPSA) is 84.6 Å². The van der Waals surface area contributed by atoms with Crippen LogP contribution >= 0.6 is 0 Å². The van der Waals surface area contributed by atoms with Gasteiger partial charge in [0.2, 0.25) is 5.91 Å². The summed E-state index contributed by atoms with van der Waals surface area (Å²) in [5, 5.41) is 12.2. The van der Waals surface area contributed by atoms with Gasteiger partial charge in [0.1, 0.15) is 0 Å². The lowest BCUT2D eigenvalue weighted by Crippen LogP contribution is -2.36. The Morgan fingerprint density at radius 1 is 0.833 bits per heavy atom. The first-order valence-corrected chi connectivity index (χ1v) is 12.9. The van der Waals surface area contributed by atoms with Gasteiger partial charge >= 0.3 is 0 Å². The fourth-order valence-corrected chi connectivity index (χ4v) is 3.69. The van der Waals surface area contributed by atoms with E-state index in [2.05, 4.69) is 19.2 Å². The van der Waals surface area contributed by atoms with E-state index < -0.39 is 0 Å². The lowest BCUT2D eigenvalue weighted by Gasteiger charge is -2.19. The summed E-state index contributed by atoms with van der Waals surface area (Å²) < 4.78 is 5.57. The molecule has 0 saturated heterocycles. The molecular weight excluding hydrogens is 376 g/mol. The second kappa shape index (κ2) is 23.0. The molecule has 0 aromatic carbocycles. The van der Waals surface area contributed by atoms with E-state index in [0.29, 0.717) is 19.6 Å². The molecule has 30 heavy (non-hydrogen) atoms. The van der Waals surface area contributed by atoms with Crippen LogP contribution in [0, 0.1) is 0 Å². The minimum Gasteiger partial charge on any atom is -0.395 e. The van der Waals surface area contributed by atoms with Gasteiger partial charge in [-0.3, -0.25) is 4.79 Å². The molecule has 0 rings (SSSR count). The smallest absolute Gasteiger partial charge is 0.220 e. The van der Waals surface area contributed by atoms with Crippen LogP contribution in [0.5, 0.6) is 0 Å². The fourth-order valence-electron chi connectivity index (χ4n) is 3.69. The van der Waals surface area contributed by atoms with E-state index in [4.69, 9.17) is 15.6 Å². The molecule has 0 aromatic heterocycles. The maximum Gasteiger partial charge on any atom is 0.220 e. The molecule has 2 atom stereocenters. The average Bonchev–Trinajstić information content (AvgIpc) is 2.74. The van der Waals surface area contributed by atoms with Gasteiger partial charge in [-0.2, -0.15) is 0 Å². The Morgan fingerprint density at radius 3 is 1.93 bits per heavy atom. The van der Waals surface area contributed by atoms with Gasteiger partial charge in [-0.1, -0.05) is 97.3 Å². The normalized spacial score (nSPS) is 13.3. The Morgan fingerprint density at radius 2 is 1.37 bits per heavy atom. The number of nitrogens with one attached hydrogen (secondary N) is 1. The Labute approximate surface area is 186 Å². The first kappa shape index (κ1) is 29.4. The van der Waals surface area contributed by atoms with Gasteiger partial charge in [0.15, 0.2) is 0 Å². The molecule has 180 valence electrons. The molecule has 1 amide bonds. The molecule has 5 nitrogen and oxygen atoms in total. The maximum atomic E-state index is 12.4. The van der Waals surface area contributed by atoms with Gasteiger partial charge < -0.3 is 20.9 Å². The molecule has 0 aliphatic carbocycles. The van der Waals surface area contributed by atoms with E-state index in [9.17, 15) is 4.79 Å². The minimum atomic E-state index is -0.321. The van der Waals surface area contributed by atoms with Gasteiger partial charge in [-0.05, 0) is 19.3 Å². The molecule has 0 spiro atoms. The Bertz CT molecular complexity index is 366. The van der Waals surface area contributed by atoms with Gasteiger partial charge in [-0.15, -0.1) is 0 Å². The third kappa shape index (κ3) is 20.6. The predicted octanol–water partition coefficient (Wildman–Crippen LogP) is 5.48. The van der Waals surface area contributed by atoms with Crippen LogP contribution in [0.25, 0.3) is 0 Å². The third-order valence-electron chi connectivity index (χ3n) is 5.71. The van der Waals surface area contributed by atoms with E-state index >= 15 is 0 Å². The van der Waals surface area contributed by atoms with E-state index in [1.165, 1.54) is 70.6 Å². The van der Waals surface area contributed by atoms with Crippen LogP contribution in [0.4, 0.5) is 0 Å². The first-order valence-electron chi connectivity index (χ1n) is 12.9. The number of carbonyl (C=O) groups is 1. The zero-order valence-corrected chi connectivity index (χ0v) is 20.1. The van der Waals surface area contributed by atoms with E-state index in [1.807, 2.05) is 0 Å². The minimum absolute atomic E-state index is 0.0592. The standard InChI is InChI=1S/C25H52N2O3/c1-3-5-7-9-10-11-12-14-16-18-25(29)27-24(17-15-13-8-6-4-2)19-20-30-22-23(26)21-28/h23-24,28H,3-22,26H2,1-2H3,(H,27,29). The Kier molecular flexibility index (Phi) is 22.5. The van der Waals surface area contributed by atoms with Crippen LogP contribution in [0.3, 0.4) is 0 Å². The number of carbonyl (C=O) groups excluding carboxylic acids is 1. The van der Waals surface area contributed by atoms with Gasteiger partial charge in [0.05, 0.1) is 19.3 Å². The summed E-state index contributed by atoms with van der Waals surface area (Å²) in [6, 6.07) is -0.137. The van der Waals surface area contributed by atoms with Crippen molar-refractivity contribution in [2.24, 2.45) is 5.73 Å². The van der Waals surface area contributed by atoms with Crippen molar-refractivity contribution in [1.82, 2.24) is 5.32 Å². The van der Waals surface area contributed by atoms with Crippen molar-refractivity contribution in [3.8, 4) is 0 Å². The molecule has 2 unspecified atom stereocenters. The molecule has 0 heterocycles. The van der Waals surface area contributed by atoms with Crippen molar-refractivity contribution in [3.63, 3.8) is 0 Å². The SMILES string of the molecule is CCCCCCCCCCCC(=O)NC(CCCCCCC)CCOCC(N)CO. The van der Waals surface area contributed by atoms with Crippen LogP contribution in [-0.2, 0) is 9.53 Å². The summed E-state index contributed by atoms with van der Waals surface area (Å²) in [6.07, 6.45) is 20.1. The number of ether oxygens (including phenoxy) is 1. The molecule has 0 radical (unpaired) electrons. The summed E-state index contributed by atoms with van der Waals surface area (Å²) >= 11 is 0. The van der Waals surface area contributed by atoms with E-state index in [0.717, 1.165) is 32.1 Å². The van der Waals surface area contributed by atoms with Crippen molar-refractivity contribution in [2.45, 2.75) is 135 Å². The summed E-state index contributed by atoms with van der Waals surface area (Å²) in [4.78, 5) is 12.4. The highest BCUT2D eigenvalue weighted by Crippen LogP contribution is 2.12. The highest BCUT2D eigenvalue weighted by molar-refractivity contribution is 5.76. The summed E-state index contributed by atoms with van der Waals surface area (Å²) in [6.45, 7) is 5.36. The van der Waals surface area contributed by atoms with Crippen molar-refractivity contribution in [3.05, 3.63) is 0 Å². The summed E-state index contributed by atoms with van der Waals surface area (Å²) in [5.41, 5.74) is 5.67. The highest BCUT2D eigenvalue weighted by atomic mass is 16.5. The lowest BCUT2D eigenvalue weighted by atomic mass is 10.0. The van der Waals surface area contributed by atoms with Crippen molar-refractivity contribution < 1.29 is 14.6 Å². The van der Waals surface area contributed by atoms with Gasteiger partial charge in [-0.25, -0.2) is 0 Å². The number of unbranched alkanes of at least 4 members (excludes halogenated alkanes) is 12. The maximum absolute atomic E-state index is 12.4. The first-order chi connectivity index (χ1) is 14.6. The number of aliphatic hydroxyl groups excluding tert-OH is 1. The van der Waals surface area contributed by atoms with Crippen molar-refractivity contribution in [1.29, 1.82) is 0 Å². The second-order valence-electron chi connectivity index (χ2n) is 8.85. The highest BCUT2D eigenvalue weighted by Gasteiger charge is 2.12. The third-order valence-corrected chi connectivity index (χ3v) is 5.71. The predicted molar refractivity (Wildman–Crippen MR) is 128 cm³/mol. The van der Waals surface area contributed by atoms with E-state index in [1.54, 1.807) is 0 Å². The number of nitrogens with two attached hydrogens (primary N) is 1. The second-order valence-corrected chi connectivity index (χ2v) is 8.85. The Balaban J connectivity index is 3.96. The number of amides is 1. The zero-order valence-electron chi connectivity index (χ0n) is 20.1. The van der Waals surface area contributed by atoms with Crippen molar-refractivity contribution in [2.75, 3.05) is 19.8 Å². The van der Waals surface area contributed by atoms with E-state index in [-0.39, 0.29) is 24.6 Å². The van der Waals surface area contributed by atoms with Crippen molar-refractivity contribution >= 4 is 5.91 Å². The van der Waals surface area contributed by atoms with Crippen LogP contribution in [0.15, 0.2) is 0 Å².